The molecule has 1 fully saturated rings. The van der Waals surface area contributed by atoms with Crippen LogP contribution in [0.5, 0.6) is 0 Å². The minimum atomic E-state index is 0.0266. The van der Waals surface area contributed by atoms with Gasteiger partial charge in [0, 0.05) is 29.9 Å². The van der Waals surface area contributed by atoms with E-state index in [0.717, 1.165) is 24.8 Å². The molecule has 0 bridgehead atoms. The Labute approximate surface area is 104 Å². The maximum Gasteiger partial charge on any atom is 0.231 e. The smallest absolute Gasteiger partial charge is 0.231 e. The fourth-order valence-electron chi connectivity index (χ4n) is 1.89. The van der Waals surface area contributed by atoms with Crippen LogP contribution in [-0.2, 0) is 4.79 Å². The lowest BCUT2D eigenvalue weighted by Gasteiger charge is -2.23. The summed E-state index contributed by atoms with van der Waals surface area (Å²) < 4.78 is 5.11. The van der Waals surface area contributed by atoms with Gasteiger partial charge in [-0.2, -0.15) is 0 Å². The first kappa shape index (κ1) is 11.0. The molecule has 18 heavy (non-hydrogen) atoms. The van der Waals surface area contributed by atoms with Crippen molar-refractivity contribution in [3.05, 3.63) is 30.6 Å². The van der Waals surface area contributed by atoms with Gasteiger partial charge in [0.1, 0.15) is 5.69 Å². The molecule has 1 saturated carbocycles. The number of rotatable bonds is 3. The highest BCUT2D eigenvalue weighted by atomic mass is 16.5. The highest BCUT2D eigenvalue weighted by Crippen LogP contribution is 2.28. The molecule has 0 aliphatic heterocycles. The zero-order valence-electron chi connectivity index (χ0n) is 9.80. The monoisotopic (exact) mass is 243 g/mol. The summed E-state index contributed by atoms with van der Waals surface area (Å²) in [7, 11) is 0. The van der Waals surface area contributed by atoms with Crippen molar-refractivity contribution in [2.24, 2.45) is 5.92 Å². The van der Waals surface area contributed by atoms with Crippen LogP contribution in [0.4, 0.5) is 5.88 Å². The Morgan fingerprint density at radius 1 is 1.33 bits per heavy atom. The third kappa shape index (κ3) is 2.11. The molecule has 1 amide bonds. The number of nitrogens with one attached hydrogen (secondary N) is 1. The summed E-state index contributed by atoms with van der Waals surface area (Å²) in [6, 6.07) is 5.41. The van der Waals surface area contributed by atoms with Crippen molar-refractivity contribution in [3.63, 3.8) is 0 Å². The predicted octanol–water partition coefficient (Wildman–Crippen LogP) is 2.48. The van der Waals surface area contributed by atoms with Crippen molar-refractivity contribution < 1.29 is 9.32 Å². The molecule has 2 heterocycles. The third-order valence-corrected chi connectivity index (χ3v) is 3.21. The second kappa shape index (κ2) is 4.60. The van der Waals surface area contributed by atoms with Crippen LogP contribution in [0.25, 0.3) is 11.3 Å². The second-order valence-corrected chi connectivity index (χ2v) is 4.43. The van der Waals surface area contributed by atoms with Gasteiger partial charge in [-0.05, 0) is 25.0 Å². The van der Waals surface area contributed by atoms with Gasteiger partial charge in [-0.25, -0.2) is 0 Å². The molecule has 0 radical (unpaired) electrons. The summed E-state index contributed by atoms with van der Waals surface area (Å²) in [5, 5.41) is 6.68. The Bertz CT molecular complexity index is 546. The number of hydrogen-bond acceptors (Lipinski definition) is 4. The molecule has 2 aromatic rings. The lowest BCUT2D eigenvalue weighted by Crippen LogP contribution is -2.27. The summed E-state index contributed by atoms with van der Waals surface area (Å²) >= 11 is 0. The quantitative estimate of drug-likeness (QED) is 0.899. The van der Waals surface area contributed by atoms with Crippen LogP contribution in [0, 0.1) is 5.92 Å². The standard InChI is InChI=1S/C13H13N3O2/c17-13(10-2-1-3-10)15-12-8-11(16-18-12)9-4-6-14-7-5-9/h4-8,10H,1-3H2,(H,15,17). The molecule has 5 heteroatoms. The zero-order chi connectivity index (χ0) is 12.4. The van der Waals surface area contributed by atoms with Gasteiger partial charge >= 0.3 is 0 Å². The van der Waals surface area contributed by atoms with Crippen molar-refractivity contribution in [3.8, 4) is 11.3 Å². The molecule has 1 aliphatic carbocycles. The first-order valence-electron chi connectivity index (χ1n) is 6.01. The van der Waals surface area contributed by atoms with E-state index >= 15 is 0 Å². The van der Waals surface area contributed by atoms with Gasteiger partial charge < -0.3 is 4.52 Å². The molecular weight excluding hydrogens is 230 g/mol. The minimum absolute atomic E-state index is 0.0266. The first-order chi connectivity index (χ1) is 8.83. The Morgan fingerprint density at radius 2 is 2.11 bits per heavy atom. The molecule has 92 valence electrons. The number of pyridine rings is 1. The third-order valence-electron chi connectivity index (χ3n) is 3.21. The van der Waals surface area contributed by atoms with E-state index in [2.05, 4.69) is 15.5 Å². The number of carbonyl (C=O) groups excluding carboxylic acids is 1. The molecular formula is C13H13N3O2. The molecule has 0 atom stereocenters. The average molecular weight is 243 g/mol. The first-order valence-corrected chi connectivity index (χ1v) is 6.01. The molecule has 5 nitrogen and oxygen atoms in total. The van der Waals surface area contributed by atoms with Crippen LogP contribution in [0.3, 0.4) is 0 Å². The lowest BCUT2D eigenvalue weighted by atomic mass is 9.85. The van der Waals surface area contributed by atoms with Crippen LogP contribution < -0.4 is 5.32 Å². The number of aromatic nitrogens is 2. The molecule has 0 unspecified atom stereocenters. The Kier molecular flexibility index (Phi) is 2.80. The van der Waals surface area contributed by atoms with Crippen LogP contribution in [0.2, 0.25) is 0 Å². The number of hydrogen-bond donors (Lipinski definition) is 1. The fraction of sp³-hybridized carbons (Fsp3) is 0.308. The van der Waals surface area contributed by atoms with Gasteiger partial charge in [-0.1, -0.05) is 11.6 Å². The molecule has 0 aromatic carbocycles. The van der Waals surface area contributed by atoms with E-state index in [4.69, 9.17) is 4.52 Å². The Balaban J connectivity index is 1.71. The van der Waals surface area contributed by atoms with Crippen LogP contribution in [0.1, 0.15) is 19.3 Å². The Hall–Kier alpha value is -2.17. The predicted molar refractivity (Wildman–Crippen MR) is 65.7 cm³/mol. The van der Waals surface area contributed by atoms with Gasteiger partial charge in [-0.15, -0.1) is 0 Å². The lowest BCUT2D eigenvalue weighted by molar-refractivity contribution is -0.122. The van der Waals surface area contributed by atoms with Crippen molar-refractivity contribution in [2.45, 2.75) is 19.3 Å². The topological polar surface area (TPSA) is 68.0 Å². The number of nitrogens with zero attached hydrogens (tertiary/aromatic N) is 2. The van der Waals surface area contributed by atoms with E-state index in [1.165, 1.54) is 0 Å². The number of amides is 1. The summed E-state index contributed by atoms with van der Waals surface area (Å²) in [5.74, 6) is 0.567. The van der Waals surface area contributed by atoms with Gasteiger partial charge in [0.25, 0.3) is 0 Å². The zero-order valence-corrected chi connectivity index (χ0v) is 9.80. The molecule has 1 aliphatic rings. The van der Waals surface area contributed by atoms with Crippen molar-refractivity contribution >= 4 is 11.8 Å². The molecule has 2 aromatic heterocycles. The van der Waals surface area contributed by atoms with Gasteiger partial charge in [0.2, 0.25) is 11.8 Å². The Morgan fingerprint density at radius 3 is 2.78 bits per heavy atom. The van der Waals surface area contributed by atoms with Crippen molar-refractivity contribution in [1.82, 2.24) is 10.1 Å². The van der Waals surface area contributed by atoms with E-state index in [-0.39, 0.29) is 11.8 Å². The molecule has 3 rings (SSSR count). The number of anilines is 1. The summed E-state index contributed by atoms with van der Waals surface area (Å²) in [4.78, 5) is 15.7. The molecule has 0 spiro atoms. The molecule has 0 saturated heterocycles. The second-order valence-electron chi connectivity index (χ2n) is 4.43. The number of carbonyl (C=O) groups is 1. The van der Waals surface area contributed by atoms with E-state index in [9.17, 15) is 4.79 Å². The van der Waals surface area contributed by atoms with E-state index in [1.807, 2.05) is 12.1 Å². The van der Waals surface area contributed by atoms with E-state index in [0.29, 0.717) is 11.6 Å². The minimum Gasteiger partial charge on any atom is -0.338 e. The van der Waals surface area contributed by atoms with E-state index < -0.39 is 0 Å². The van der Waals surface area contributed by atoms with Crippen LogP contribution in [-0.4, -0.2) is 16.0 Å². The van der Waals surface area contributed by atoms with Crippen LogP contribution in [0.15, 0.2) is 35.1 Å². The summed E-state index contributed by atoms with van der Waals surface area (Å²) in [6.45, 7) is 0. The van der Waals surface area contributed by atoms with Crippen LogP contribution >= 0.6 is 0 Å². The van der Waals surface area contributed by atoms with E-state index in [1.54, 1.807) is 18.5 Å². The van der Waals surface area contributed by atoms with Crippen molar-refractivity contribution in [1.29, 1.82) is 0 Å². The average Bonchev–Trinajstić information content (AvgIpc) is 2.76. The van der Waals surface area contributed by atoms with Crippen molar-refractivity contribution in [2.75, 3.05) is 5.32 Å². The molecule has 1 N–H and O–H groups in total. The normalized spacial score (nSPS) is 15.1. The summed E-state index contributed by atoms with van der Waals surface area (Å²) in [6.07, 6.45) is 6.46. The highest BCUT2D eigenvalue weighted by Gasteiger charge is 2.26. The van der Waals surface area contributed by atoms with Gasteiger partial charge in [0.15, 0.2) is 0 Å². The summed E-state index contributed by atoms with van der Waals surface area (Å²) in [5.41, 5.74) is 1.61. The van der Waals surface area contributed by atoms with Gasteiger partial charge in [-0.3, -0.25) is 15.1 Å². The highest BCUT2D eigenvalue weighted by molar-refractivity contribution is 5.92. The SMILES string of the molecule is O=C(Nc1cc(-c2ccncc2)no1)C1CCC1. The maximum absolute atomic E-state index is 11.7. The fourth-order valence-corrected chi connectivity index (χ4v) is 1.89. The largest absolute Gasteiger partial charge is 0.338 e. The maximum atomic E-state index is 11.7. The van der Waals surface area contributed by atoms with Gasteiger partial charge in [0.05, 0.1) is 0 Å².